The molecule has 0 saturated heterocycles. The third-order valence-corrected chi connectivity index (χ3v) is 4.05. The second-order valence-corrected chi connectivity index (χ2v) is 5.31. The largest absolute Gasteiger partial charge is 0.481 e. The Balaban J connectivity index is 2.07. The van der Waals surface area contributed by atoms with E-state index in [0.29, 0.717) is 6.04 Å². The Bertz CT molecular complexity index is 199. The highest BCUT2D eigenvalue weighted by Crippen LogP contribution is 2.26. The van der Waals surface area contributed by atoms with Crippen LogP contribution in [0.2, 0.25) is 0 Å². The zero-order valence-electron chi connectivity index (χ0n) is 9.37. The highest BCUT2D eigenvalue weighted by Gasteiger charge is 2.20. The van der Waals surface area contributed by atoms with Crippen molar-refractivity contribution in [2.75, 3.05) is 12.8 Å². The summed E-state index contributed by atoms with van der Waals surface area (Å²) >= 11 is 1.96. The molecule has 15 heavy (non-hydrogen) atoms. The van der Waals surface area contributed by atoms with E-state index in [2.05, 4.69) is 11.6 Å². The molecule has 0 radical (unpaired) electrons. The fourth-order valence-corrected chi connectivity index (χ4v) is 2.92. The second-order valence-electron chi connectivity index (χ2n) is 4.17. The van der Waals surface area contributed by atoms with Gasteiger partial charge < -0.3 is 10.4 Å². The molecular weight excluding hydrogens is 210 g/mol. The van der Waals surface area contributed by atoms with Gasteiger partial charge in [0.15, 0.2) is 0 Å². The molecule has 2 unspecified atom stereocenters. The lowest BCUT2D eigenvalue weighted by molar-refractivity contribution is -0.137. The van der Waals surface area contributed by atoms with E-state index in [1.165, 1.54) is 25.7 Å². The third kappa shape index (κ3) is 5.42. The van der Waals surface area contributed by atoms with Crippen LogP contribution in [0.4, 0.5) is 0 Å². The Kier molecular flexibility index (Phi) is 6.10. The van der Waals surface area contributed by atoms with Crippen molar-refractivity contribution in [1.29, 1.82) is 0 Å². The van der Waals surface area contributed by atoms with Gasteiger partial charge in [0, 0.05) is 17.7 Å². The van der Waals surface area contributed by atoms with Crippen LogP contribution < -0.4 is 5.32 Å². The predicted molar refractivity (Wildman–Crippen MR) is 64.4 cm³/mol. The maximum absolute atomic E-state index is 10.3. The first-order chi connectivity index (χ1) is 7.22. The number of thioether (sulfide) groups is 1. The molecule has 1 fully saturated rings. The summed E-state index contributed by atoms with van der Waals surface area (Å²) < 4.78 is 0. The SMILES string of the molecule is CSC1CCCC(NCCCC(=O)O)C1. The van der Waals surface area contributed by atoms with Crippen LogP contribution in [0.15, 0.2) is 0 Å². The second kappa shape index (κ2) is 7.12. The van der Waals surface area contributed by atoms with Crippen molar-refractivity contribution < 1.29 is 9.90 Å². The van der Waals surface area contributed by atoms with E-state index in [1.54, 1.807) is 0 Å². The van der Waals surface area contributed by atoms with Crippen LogP contribution in [0.5, 0.6) is 0 Å². The van der Waals surface area contributed by atoms with Crippen LogP contribution >= 0.6 is 11.8 Å². The van der Waals surface area contributed by atoms with Gasteiger partial charge in [0.1, 0.15) is 0 Å². The molecular formula is C11H21NO2S. The first kappa shape index (κ1) is 12.8. The minimum Gasteiger partial charge on any atom is -0.481 e. The van der Waals surface area contributed by atoms with Gasteiger partial charge in [0.05, 0.1) is 0 Å². The normalized spacial score (nSPS) is 26.5. The molecule has 0 bridgehead atoms. The maximum Gasteiger partial charge on any atom is 0.303 e. The van der Waals surface area contributed by atoms with E-state index in [0.717, 1.165) is 18.2 Å². The Labute approximate surface area is 96.0 Å². The summed E-state index contributed by atoms with van der Waals surface area (Å²) in [4.78, 5) is 10.3. The zero-order chi connectivity index (χ0) is 11.1. The summed E-state index contributed by atoms with van der Waals surface area (Å²) in [7, 11) is 0. The van der Waals surface area contributed by atoms with E-state index in [9.17, 15) is 4.79 Å². The lowest BCUT2D eigenvalue weighted by Crippen LogP contribution is -2.35. The zero-order valence-corrected chi connectivity index (χ0v) is 10.2. The Morgan fingerprint density at radius 2 is 2.33 bits per heavy atom. The summed E-state index contributed by atoms with van der Waals surface area (Å²) in [6, 6.07) is 0.616. The summed E-state index contributed by atoms with van der Waals surface area (Å²) in [5, 5.41) is 12.8. The molecule has 4 heteroatoms. The minimum absolute atomic E-state index is 0.283. The number of carboxylic acid groups (broad SMARTS) is 1. The Hall–Kier alpha value is -0.220. The first-order valence-corrected chi connectivity index (χ1v) is 6.99. The van der Waals surface area contributed by atoms with Gasteiger partial charge in [0.2, 0.25) is 0 Å². The molecule has 3 nitrogen and oxygen atoms in total. The summed E-state index contributed by atoms with van der Waals surface area (Å²) in [5.41, 5.74) is 0. The van der Waals surface area contributed by atoms with Crippen LogP contribution in [-0.4, -0.2) is 35.2 Å². The first-order valence-electron chi connectivity index (χ1n) is 5.70. The number of rotatable bonds is 6. The van der Waals surface area contributed by atoms with Gasteiger partial charge >= 0.3 is 5.97 Å². The van der Waals surface area contributed by atoms with Gasteiger partial charge in [-0.05, 0) is 38.5 Å². The topological polar surface area (TPSA) is 49.3 Å². The molecule has 1 aliphatic carbocycles. The monoisotopic (exact) mass is 231 g/mol. The summed E-state index contributed by atoms with van der Waals surface area (Å²) in [6.45, 7) is 0.845. The number of carbonyl (C=O) groups is 1. The van der Waals surface area contributed by atoms with Gasteiger partial charge in [-0.25, -0.2) is 0 Å². The van der Waals surface area contributed by atoms with Crippen molar-refractivity contribution in [1.82, 2.24) is 5.32 Å². The number of nitrogens with one attached hydrogen (secondary N) is 1. The molecule has 1 aliphatic rings. The number of carboxylic acids is 1. The van der Waals surface area contributed by atoms with Crippen molar-refractivity contribution in [3.8, 4) is 0 Å². The van der Waals surface area contributed by atoms with Crippen LogP contribution in [-0.2, 0) is 4.79 Å². The average molecular weight is 231 g/mol. The lowest BCUT2D eigenvalue weighted by atomic mass is 9.95. The number of hydrogen-bond donors (Lipinski definition) is 2. The van der Waals surface area contributed by atoms with Gasteiger partial charge in [-0.2, -0.15) is 11.8 Å². The van der Waals surface area contributed by atoms with E-state index in [4.69, 9.17) is 5.11 Å². The molecule has 0 aliphatic heterocycles. The fraction of sp³-hybridized carbons (Fsp3) is 0.909. The van der Waals surface area contributed by atoms with Crippen LogP contribution in [0.3, 0.4) is 0 Å². The average Bonchev–Trinajstić information content (AvgIpc) is 2.24. The highest BCUT2D eigenvalue weighted by molar-refractivity contribution is 7.99. The third-order valence-electron chi connectivity index (χ3n) is 2.96. The molecule has 0 aromatic rings. The van der Waals surface area contributed by atoms with E-state index in [-0.39, 0.29) is 6.42 Å². The molecule has 1 rings (SSSR count). The molecule has 0 aromatic carbocycles. The standard InChI is InChI=1S/C11H21NO2S/c1-15-10-5-2-4-9(8-10)12-7-3-6-11(13)14/h9-10,12H,2-8H2,1H3,(H,13,14). The van der Waals surface area contributed by atoms with E-state index in [1.807, 2.05) is 11.8 Å². The summed E-state index contributed by atoms with van der Waals surface area (Å²) in [5.74, 6) is -0.692. The van der Waals surface area contributed by atoms with Gasteiger partial charge in [-0.15, -0.1) is 0 Å². The number of aliphatic carboxylic acids is 1. The maximum atomic E-state index is 10.3. The van der Waals surface area contributed by atoms with Crippen molar-refractivity contribution in [2.45, 2.75) is 49.8 Å². The van der Waals surface area contributed by atoms with Crippen molar-refractivity contribution >= 4 is 17.7 Å². The molecule has 1 saturated carbocycles. The van der Waals surface area contributed by atoms with Gasteiger partial charge in [-0.3, -0.25) is 4.79 Å². The van der Waals surface area contributed by atoms with Crippen molar-refractivity contribution in [3.63, 3.8) is 0 Å². The molecule has 0 spiro atoms. The number of hydrogen-bond acceptors (Lipinski definition) is 3. The molecule has 0 amide bonds. The fourth-order valence-electron chi connectivity index (χ4n) is 2.09. The van der Waals surface area contributed by atoms with Crippen LogP contribution in [0, 0.1) is 0 Å². The molecule has 0 aromatic heterocycles. The molecule has 2 N–H and O–H groups in total. The Morgan fingerprint density at radius 3 is 3.00 bits per heavy atom. The smallest absolute Gasteiger partial charge is 0.303 e. The van der Waals surface area contributed by atoms with Crippen molar-refractivity contribution in [2.24, 2.45) is 0 Å². The van der Waals surface area contributed by atoms with Gasteiger partial charge in [-0.1, -0.05) is 6.42 Å². The summed E-state index contributed by atoms with van der Waals surface area (Å²) in [6.07, 6.45) is 8.36. The quantitative estimate of drug-likeness (QED) is 0.687. The minimum atomic E-state index is -0.692. The van der Waals surface area contributed by atoms with Crippen molar-refractivity contribution in [3.05, 3.63) is 0 Å². The van der Waals surface area contributed by atoms with E-state index >= 15 is 0 Å². The predicted octanol–water partition coefficient (Wildman–Crippen LogP) is 2.12. The molecule has 2 atom stereocenters. The lowest BCUT2D eigenvalue weighted by Gasteiger charge is -2.28. The Morgan fingerprint density at radius 1 is 1.53 bits per heavy atom. The van der Waals surface area contributed by atoms with Gasteiger partial charge in [0.25, 0.3) is 0 Å². The molecule has 0 heterocycles. The highest BCUT2D eigenvalue weighted by atomic mass is 32.2. The van der Waals surface area contributed by atoms with Crippen LogP contribution in [0.1, 0.15) is 38.5 Å². The van der Waals surface area contributed by atoms with E-state index < -0.39 is 5.97 Å². The molecule has 88 valence electrons. The van der Waals surface area contributed by atoms with Crippen LogP contribution in [0.25, 0.3) is 0 Å².